The van der Waals surface area contributed by atoms with E-state index in [0.29, 0.717) is 165 Å². The number of guanidine groups is 4. The van der Waals surface area contributed by atoms with Gasteiger partial charge in [0.1, 0.15) is 22.8 Å². The minimum Gasteiger partial charge on any atom is -0.872 e. The van der Waals surface area contributed by atoms with Gasteiger partial charge in [0.05, 0.1) is 77.6 Å². The van der Waals surface area contributed by atoms with Crippen LogP contribution in [-0.2, 0) is 71.6 Å². The highest BCUT2D eigenvalue weighted by Gasteiger charge is 2.20. The van der Waals surface area contributed by atoms with Crippen LogP contribution >= 0.6 is 0 Å². The average Bonchev–Trinajstić information content (AvgIpc) is 2.17. The molecule has 4 aromatic heterocycles. The number of aliphatic imine (C=N–C) groups is 4. The van der Waals surface area contributed by atoms with Gasteiger partial charge < -0.3 is 84.8 Å². The van der Waals surface area contributed by atoms with Crippen LogP contribution < -0.4 is 65.9 Å². The molecular weight excluding hydrogens is 1080 g/mol. The summed E-state index contributed by atoms with van der Waals surface area (Å²) in [7, 11) is 0. The molecule has 4 heterocycles. The standard InChI is InChI=1S/C52H78N26O6/c53-49(54)61-13-1-17-75-29-39(65-69-75)33-81-25-21-73(22-26-82-34-40-30-76(70-66-40)18-2-14-62-50(55)56)43-9-5-37(6-10-43)45-47(79)46(48(45)80)38-7-11-44(12-8-38)74(23-27-83-35-41-31-77(71-67-41)19-3-15-63-51(57)58)24-28-84-36-42-32-78(72-68-42)20-4-16-64-52(59)60/h5-12,29-32,79-80H,1-4,13-28,33-36H2,(H4,53,54,61)(H4,55,56,62)(H4,57,58,63)(H4,59,60,64)/p-2. The number of hydrogen-bond donors (Lipinski definition) is 8. The number of benzene rings is 2. The first-order chi connectivity index (χ1) is 40.8. The minimum atomic E-state index is -0.328. The Morgan fingerprint density at radius 3 is 0.881 bits per heavy atom. The van der Waals surface area contributed by atoms with E-state index >= 15 is 0 Å². The fourth-order valence-electron chi connectivity index (χ4n) is 8.56. The average molecular weight is 1160 g/mol. The van der Waals surface area contributed by atoms with E-state index in [1.54, 1.807) is 43.0 Å². The molecule has 0 bridgehead atoms. The van der Waals surface area contributed by atoms with Crippen molar-refractivity contribution in [3.63, 3.8) is 0 Å². The summed E-state index contributed by atoms with van der Waals surface area (Å²) >= 11 is 0. The lowest BCUT2D eigenvalue weighted by Gasteiger charge is -2.40. The second-order valence-electron chi connectivity index (χ2n) is 19.2. The van der Waals surface area contributed by atoms with Crippen molar-refractivity contribution in [3.05, 3.63) is 119 Å². The molecule has 0 amide bonds. The van der Waals surface area contributed by atoms with Gasteiger partial charge in [-0.05, 0) is 72.2 Å². The van der Waals surface area contributed by atoms with E-state index in [0.717, 1.165) is 11.4 Å². The van der Waals surface area contributed by atoms with Crippen LogP contribution in [0.5, 0.6) is 0 Å². The Morgan fingerprint density at radius 1 is 0.393 bits per heavy atom. The van der Waals surface area contributed by atoms with Gasteiger partial charge in [0, 0.05) is 89.9 Å². The molecule has 32 heteroatoms. The van der Waals surface area contributed by atoms with Gasteiger partial charge in [-0.1, -0.05) is 56.6 Å². The second kappa shape index (κ2) is 32.9. The fourth-order valence-corrected chi connectivity index (χ4v) is 8.56. The summed E-state index contributed by atoms with van der Waals surface area (Å²) < 4.78 is 31.1. The van der Waals surface area contributed by atoms with E-state index in [9.17, 15) is 10.2 Å². The molecule has 16 N–H and O–H groups in total. The van der Waals surface area contributed by atoms with Crippen LogP contribution in [0.4, 0.5) is 11.4 Å². The van der Waals surface area contributed by atoms with Crippen molar-refractivity contribution in [3.8, 4) is 0 Å². The summed E-state index contributed by atoms with van der Waals surface area (Å²) in [6.45, 7) is 8.71. The third-order valence-corrected chi connectivity index (χ3v) is 12.7. The number of hydrogen-bond acceptors (Lipinski definition) is 20. The molecule has 0 radical (unpaired) electrons. The van der Waals surface area contributed by atoms with Crippen molar-refractivity contribution in [1.82, 2.24) is 60.0 Å². The Balaban J connectivity index is 0.954. The van der Waals surface area contributed by atoms with Gasteiger partial charge in [-0.15, -0.1) is 20.4 Å². The predicted molar refractivity (Wildman–Crippen MR) is 311 cm³/mol. The Bertz CT molecular complexity index is 2770. The van der Waals surface area contributed by atoms with Crippen molar-refractivity contribution in [1.29, 1.82) is 0 Å². The highest BCUT2D eigenvalue weighted by molar-refractivity contribution is 6.05. The lowest BCUT2D eigenvalue weighted by Crippen LogP contribution is -2.31. The first-order valence-electron chi connectivity index (χ1n) is 27.4. The quantitative estimate of drug-likeness (QED) is 0.0108. The number of aromatic nitrogens is 12. The third kappa shape index (κ3) is 20.5. The highest BCUT2D eigenvalue weighted by Crippen LogP contribution is 2.42. The largest absolute Gasteiger partial charge is 0.872 e. The monoisotopic (exact) mass is 1160 g/mol. The van der Waals surface area contributed by atoms with E-state index < -0.39 is 0 Å². The molecule has 6 aromatic rings. The Kier molecular flexibility index (Phi) is 24.4. The number of nitrogens with two attached hydrogens (primary N) is 8. The maximum absolute atomic E-state index is 13.9. The molecule has 0 atom stereocenters. The van der Waals surface area contributed by atoms with E-state index in [1.165, 1.54) is 0 Å². The SMILES string of the molecule is NC(N)=NCCCn1cc(COCCN(CCOCc2cn(CCCN=C(N)N)nn2)c2ccc(C3=C([O-])C(c4ccc(N(CCOCc5cn(CCCN=C(N)N)nn5)CCOCc5cn(CCCN=C(N)N)nn5)cc4)=C3[O-])cc2)nn1. The smallest absolute Gasteiger partial charge is 0.185 e. The maximum atomic E-state index is 13.9. The Hall–Kier alpha value is -9.40. The van der Waals surface area contributed by atoms with Crippen LogP contribution in [0.1, 0.15) is 59.6 Å². The minimum absolute atomic E-state index is 0.0474. The number of ether oxygens (including phenoxy) is 4. The summed E-state index contributed by atoms with van der Waals surface area (Å²) in [6, 6.07) is 14.7. The number of anilines is 2. The summed E-state index contributed by atoms with van der Waals surface area (Å²) in [6.07, 6.45) is 10.1. The van der Waals surface area contributed by atoms with Crippen molar-refractivity contribution < 1.29 is 29.2 Å². The van der Waals surface area contributed by atoms with Crippen molar-refractivity contribution >= 4 is 46.4 Å². The molecule has 1 aliphatic rings. The topological polar surface area (TPSA) is 470 Å². The molecule has 452 valence electrons. The third-order valence-electron chi connectivity index (χ3n) is 12.7. The highest BCUT2D eigenvalue weighted by atomic mass is 16.5. The normalized spacial score (nSPS) is 12.1. The molecule has 0 saturated carbocycles. The second-order valence-corrected chi connectivity index (χ2v) is 19.2. The Morgan fingerprint density at radius 2 is 0.643 bits per heavy atom. The summed E-state index contributed by atoms with van der Waals surface area (Å²) in [5.74, 6) is -0.467. The van der Waals surface area contributed by atoms with Crippen LogP contribution in [0, 0.1) is 0 Å². The van der Waals surface area contributed by atoms with Crippen molar-refractivity contribution in [2.45, 2.75) is 78.3 Å². The number of allylic oxidation sites excluding steroid dienone is 2. The summed E-state index contributed by atoms with van der Waals surface area (Å²) in [5.41, 5.74) is 49.1. The van der Waals surface area contributed by atoms with Crippen LogP contribution in [0.25, 0.3) is 11.1 Å². The summed E-state index contributed by atoms with van der Waals surface area (Å²) in [5, 5.41) is 61.3. The molecule has 84 heavy (non-hydrogen) atoms. The molecule has 0 saturated heterocycles. The lowest BCUT2D eigenvalue weighted by atomic mass is 9.84. The number of nitrogens with zero attached hydrogens (tertiary/aromatic N) is 18. The zero-order chi connectivity index (χ0) is 59.5. The molecule has 2 aromatic carbocycles. The van der Waals surface area contributed by atoms with Crippen LogP contribution in [0.3, 0.4) is 0 Å². The molecule has 0 fully saturated rings. The molecular formula is C52H76N26O6-2. The van der Waals surface area contributed by atoms with Gasteiger partial charge in [0.25, 0.3) is 0 Å². The van der Waals surface area contributed by atoms with Gasteiger partial charge >= 0.3 is 0 Å². The first-order valence-corrected chi connectivity index (χ1v) is 27.4. The molecule has 1 aliphatic carbocycles. The van der Waals surface area contributed by atoms with E-state index in [1.807, 2.05) is 49.1 Å². The van der Waals surface area contributed by atoms with Crippen molar-refractivity contribution in [2.75, 3.05) is 88.6 Å². The zero-order valence-electron chi connectivity index (χ0n) is 47.0. The van der Waals surface area contributed by atoms with Gasteiger partial charge in [-0.3, -0.25) is 38.7 Å². The Labute approximate surface area is 485 Å². The molecule has 7 rings (SSSR count). The molecule has 0 aliphatic heterocycles. The van der Waals surface area contributed by atoms with Crippen LogP contribution in [0.2, 0.25) is 0 Å². The lowest BCUT2D eigenvalue weighted by molar-refractivity contribution is -0.316. The van der Waals surface area contributed by atoms with Crippen LogP contribution in [-0.4, -0.2) is 163 Å². The fraction of sp³-hybridized carbons (Fsp3) is 0.462. The van der Waals surface area contributed by atoms with Gasteiger partial charge in [-0.25, -0.2) is 0 Å². The first kappa shape index (κ1) is 62.2. The molecule has 0 spiro atoms. The maximum Gasteiger partial charge on any atom is 0.185 e. The number of aryl methyl sites for hydroxylation is 4. The number of rotatable bonds is 40. The van der Waals surface area contributed by atoms with E-state index in [2.05, 4.69) is 71.0 Å². The molecule has 32 nitrogen and oxygen atoms in total. The van der Waals surface area contributed by atoms with Gasteiger partial charge in [-0.2, -0.15) is 0 Å². The molecule has 0 unspecified atom stereocenters. The predicted octanol–water partition coefficient (Wildman–Crippen LogP) is -2.96. The zero-order valence-corrected chi connectivity index (χ0v) is 47.0. The van der Waals surface area contributed by atoms with Crippen molar-refractivity contribution in [2.24, 2.45) is 65.8 Å². The van der Waals surface area contributed by atoms with Crippen LogP contribution in [0.15, 0.2) is 105 Å². The summed E-state index contributed by atoms with van der Waals surface area (Å²) in [4.78, 5) is 20.2. The van der Waals surface area contributed by atoms with Gasteiger partial charge in [0.15, 0.2) is 23.8 Å². The van der Waals surface area contributed by atoms with E-state index in [-0.39, 0.29) is 72.9 Å². The van der Waals surface area contributed by atoms with E-state index in [4.69, 9.17) is 64.8 Å². The van der Waals surface area contributed by atoms with Gasteiger partial charge in [0.2, 0.25) is 0 Å².